The van der Waals surface area contributed by atoms with Crippen LogP contribution in [0.2, 0.25) is 0 Å². The van der Waals surface area contributed by atoms with Gasteiger partial charge in [-0.3, -0.25) is 4.79 Å². The van der Waals surface area contributed by atoms with Crippen LogP contribution >= 0.6 is 0 Å². The van der Waals surface area contributed by atoms with Gasteiger partial charge in [0.2, 0.25) is 5.91 Å². The summed E-state index contributed by atoms with van der Waals surface area (Å²) in [6, 6.07) is 7.77. The van der Waals surface area contributed by atoms with Crippen molar-refractivity contribution in [1.82, 2.24) is 5.32 Å². The minimum Gasteiger partial charge on any atom is -0.496 e. The molecule has 0 bridgehead atoms. The van der Waals surface area contributed by atoms with E-state index >= 15 is 0 Å². The summed E-state index contributed by atoms with van der Waals surface area (Å²) in [5, 5.41) is 2.85. The van der Waals surface area contributed by atoms with Gasteiger partial charge >= 0.3 is 0 Å². The van der Waals surface area contributed by atoms with Crippen LogP contribution in [0, 0.1) is 0 Å². The summed E-state index contributed by atoms with van der Waals surface area (Å²) >= 11 is 0. The van der Waals surface area contributed by atoms with E-state index in [1.807, 2.05) is 24.3 Å². The first-order valence-electron chi connectivity index (χ1n) is 6.32. The molecule has 1 amide bonds. The van der Waals surface area contributed by atoms with Crippen LogP contribution in [0.5, 0.6) is 5.75 Å². The molecule has 19 heavy (non-hydrogen) atoms. The normalized spacial score (nSPS) is 11.9. The van der Waals surface area contributed by atoms with Gasteiger partial charge in [0.15, 0.2) is 0 Å². The molecule has 0 spiro atoms. The second-order valence-electron chi connectivity index (χ2n) is 4.21. The maximum absolute atomic E-state index is 11.6. The number of ether oxygens (including phenoxy) is 2. The van der Waals surface area contributed by atoms with Crippen LogP contribution in [-0.2, 0) is 16.0 Å². The number of hydrogen-bond acceptors (Lipinski definition) is 4. The first kappa shape index (κ1) is 15.5. The zero-order valence-electron chi connectivity index (χ0n) is 11.5. The smallest absolute Gasteiger partial charge is 0.222 e. The zero-order valence-corrected chi connectivity index (χ0v) is 11.5. The topological polar surface area (TPSA) is 73.6 Å². The van der Waals surface area contributed by atoms with Crippen molar-refractivity contribution in [3.8, 4) is 5.75 Å². The van der Waals surface area contributed by atoms with Gasteiger partial charge in [-0.25, -0.2) is 0 Å². The van der Waals surface area contributed by atoms with Crippen LogP contribution < -0.4 is 15.8 Å². The molecule has 0 aliphatic carbocycles. The average molecular weight is 266 g/mol. The van der Waals surface area contributed by atoms with Crippen LogP contribution in [-0.4, -0.2) is 39.3 Å². The van der Waals surface area contributed by atoms with Crippen molar-refractivity contribution in [3.63, 3.8) is 0 Å². The van der Waals surface area contributed by atoms with Crippen LogP contribution in [0.3, 0.4) is 0 Å². The summed E-state index contributed by atoms with van der Waals surface area (Å²) < 4.78 is 10.3. The predicted octanol–water partition coefficient (Wildman–Crippen LogP) is 0.718. The molecule has 106 valence electrons. The van der Waals surface area contributed by atoms with Crippen LogP contribution in [0.1, 0.15) is 12.0 Å². The van der Waals surface area contributed by atoms with E-state index < -0.39 is 0 Å². The second-order valence-corrected chi connectivity index (χ2v) is 4.21. The fourth-order valence-electron chi connectivity index (χ4n) is 1.79. The van der Waals surface area contributed by atoms with Crippen molar-refractivity contribution in [1.29, 1.82) is 0 Å². The van der Waals surface area contributed by atoms with Crippen molar-refractivity contribution < 1.29 is 14.3 Å². The standard InChI is InChI=1S/C14H22N2O3/c1-18-12(10-15)9-14(17)16-8-7-11-5-3-4-6-13(11)19-2/h3-6,12H,7-10,15H2,1-2H3,(H,16,17). The number of methoxy groups -OCH3 is 2. The monoisotopic (exact) mass is 266 g/mol. The van der Waals surface area contributed by atoms with E-state index in [2.05, 4.69) is 5.32 Å². The Kier molecular flexibility index (Phi) is 6.92. The molecular weight excluding hydrogens is 244 g/mol. The lowest BCUT2D eigenvalue weighted by Crippen LogP contribution is -2.33. The molecule has 0 saturated heterocycles. The molecule has 0 fully saturated rings. The number of carbonyl (C=O) groups excluding carboxylic acids is 1. The lowest BCUT2D eigenvalue weighted by atomic mass is 10.1. The molecule has 3 N–H and O–H groups in total. The number of amides is 1. The van der Waals surface area contributed by atoms with Crippen molar-refractivity contribution in [2.24, 2.45) is 5.73 Å². The molecule has 0 aliphatic heterocycles. The Bertz CT molecular complexity index is 392. The fraction of sp³-hybridized carbons (Fsp3) is 0.500. The minimum atomic E-state index is -0.216. The van der Waals surface area contributed by atoms with Gasteiger partial charge in [-0.1, -0.05) is 18.2 Å². The third-order valence-corrected chi connectivity index (χ3v) is 2.92. The van der Waals surface area contributed by atoms with Gasteiger partial charge in [0, 0.05) is 20.2 Å². The van der Waals surface area contributed by atoms with Gasteiger partial charge < -0.3 is 20.5 Å². The Morgan fingerprint density at radius 1 is 1.37 bits per heavy atom. The summed E-state index contributed by atoms with van der Waals surface area (Å²) in [5.74, 6) is 0.792. The Morgan fingerprint density at radius 3 is 2.74 bits per heavy atom. The lowest BCUT2D eigenvalue weighted by Gasteiger charge is -2.13. The lowest BCUT2D eigenvalue weighted by molar-refractivity contribution is -0.123. The fourth-order valence-corrected chi connectivity index (χ4v) is 1.79. The third kappa shape index (κ3) is 5.28. The molecule has 5 nitrogen and oxygen atoms in total. The number of nitrogens with one attached hydrogen (secondary N) is 1. The summed E-state index contributed by atoms with van der Waals surface area (Å²) in [5.41, 5.74) is 6.54. The molecule has 0 aromatic heterocycles. The average Bonchev–Trinajstić information content (AvgIpc) is 2.45. The van der Waals surface area contributed by atoms with Gasteiger partial charge in [0.1, 0.15) is 5.75 Å². The van der Waals surface area contributed by atoms with Gasteiger partial charge in [0.25, 0.3) is 0 Å². The molecule has 0 aliphatic rings. The molecule has 0 saturated carbocycles. The van der Waals surface area contributed by atoms with Gasteiger partial charge in [-0.2, -0.15) is 0 Å². The maximum Gasteiger partial charge on any atom is 0.222 e. The zero-order chi connectivity index (χ0) is 14.1. The van der Waals surface area contributed by atoms with Crippen molar-refractivity contribution in [2.75, 3.05) is 27.3 Å². The molecule has 0 heterocycles. The summed E-state index contributed by atoms with van der Waals surface area (Å²) in [7, 11) is 3.20. The van der Waals surface area contributed by atoms with Gasteiger partial charge in [0.05, 0.1) is 19.6 Å². The van der Waals surface area contributed by atoms with E-state index in [9.17, 15) is 4.79 Å². The van der Waals surface area contributed by atoms with Crippen molar-refractivity contribution in [3.05, 3.63) is 29.8 Å². The molecule has 0 radical (unpaired) electrons. The van der Waals surface area contributed by atoms with Crippen LogP contribution in [0.4, 0.5) is 0 Å². The van der Waals surface area contributed by atoms with E-state index in [1.165, 1.54) is 0 Å². The summed E-state index contributed by atoms with van der Waals surface area (Å²) in [6.07, 6.45) is 0.806. The quantitative estimate of drug-likeness (QED) is 0.727. The first-order chi connectivity index (χ1) is 9.21. The SMILES string of the molecule is COc1ccccc1CCNC(=O)CC(CN)OC. The third-order valence-electron chi connectivity index (χ3n) is 2.92. The number of benzene rings is 1. The number of para-hydroxylation sites is 1. The van der Waals surface area contributed by atoms with E-state index in [1.54, 1.807) is 14.2 Å². The summed E-state index contributed by atoms with van der Waals surface area (Å²) in [6.45, 7) is 0.913. The second kappa shape index (κ2) is 8.50. The van der Waals surface area contributed by atoms with Crippen molar-refractivity contribution >= 4 is 5.91 Å². The van der Waals surface area contributed by atoms with E-state index in [0.29, 0.717) is 19.5 Å². The maximum atomic E-state index is 11.6. The van der Waals surface area contributed by atoms with E-state index in [4.69, 9.17) is 15.2 Å². The van der Waals surface area contributed by atoms with E-state index in [-0.39, 0.29) is 12.0 Å². The largest absolute Gasteiger partial charge is 0.496 e. The molecule has 1 unspecified atom stereocenters. The highest BCUT2D eigenvalue weighted by atomic mass is 16.5. The molecule has 1 aromatic carbocycles. The first-order valence-corrected chi connectivity index (χ1v) is 6.32. The molecular formula is C14H22N2O3. The minimum absolute atomic E-state index is 0.0489. The Balaban J connectivity index is 2.35. The highest BCUT2D eigenvalue weighted by Gasteiger charge is 2.11. The Morgan fingerprint density at radius 2 is 2.11 bits per heavy atom. The number of carbonyl (C=O) groups is 1. The summed E-state index contributed by atoms with van der Waals surface area (Å²) in [4.78, 5) is 11.6. The Labute approximate surface area is 114 Å². The number of rotatable bonds is 8. The van der Waals surface area contributed by atoms with Crippen LogP contribution in [0.25, 0.3) is 0 Å². The molecule has 1 atom stereocenters. The van der Waals surface area contributed by atoms with Crippen molar-refractivity contribution in [2.45, 2.75) is 18.9 Å². The number of hydrogen-bond donors (Lipinski definition) is 2. The predicted molar refractivity (Wildman–Crippen MR) is 74.2 cm³/mol. The van der Waals surface area contributed by atoms with Gasteiger partial charge in [-0.05, 0) is 18.1 Å². The Hall–Kier alpha value is -1.59. The molecule has 1 aromatic rings. The van der Waals surface area contributed by atoms with Crippen LogP contribution in [0.15, 0.2) is 24.3 Å². The molecule has 1 rings (SSSR count). The highest BCUT2D eigenvalue weighted by molar-refractivity contribution is 5.76. The molecule has 5 heteroatoms. The highest BCUT2D eigenvalue weighted by Crippen LogP contribution is 2.17. The number of nitrogens with two attached hydrogens (primary N) is 1. The van der Waals surface area contributed by atoms with E-state index in [0.717, 1.165) is 17.7 Å². The van der Waals surface area contributed by atoms with Gasteiger partial charge in [-0.15, -0.1) is 0 Å².